The smallest absolute Gasteiger partial charge is 0.409 e. The van der Waals surface area contributed by atoms with Crippen molar-refractivity contribution in [2.24, 2.45) is 0 Å². The molecule has 2 atom stereocenters. The number of hydrogen-bond donors (Lipinski definition) is 2. The number of carbonyl (C=O) groups excluding carboxylic acids is 1. The summed E-state index contributed by atoms with van der Waals surface area (Å²) in [6.07, 6.45) is 1.57. The number of ether oxygens (including phenoxy) is 2. The van der Waals surface area contributed by atoms with Crippen LogP contribution in [0.2, 0.25) is 5.02 Å². The van der Waals surface area contributed by atoms with E-state index in [2.05, 4.69) is 32.4 Å². The Labute approximate surface area is 234 Å². The lowest BCUT2D eigenvalue weighted by Crippen LogP contribution is -2.29. The third-order valence-corrected chi connectivity index (χ3v) is 7.15. The number of nitrogens with one attached hydrogen (secondary N) is 2. The van der Waals surface area contributed by atoms with Crippen LogP contribution in [-0.4, -0.2) is 53.7 Å². The van der Waals surface area contributed by atoms with Crippen molar-refractivity contribution in [2.75, 3.05) is 26.0 Å². The Morgan fingerprint density at radius 1 is 1.26 bits per heavy atom. The normalized spacial score (nSPS) is 16.4. The zero-order valence-electron chi connectivity index (χ0n) is 21.2. The number of amides is 1. The molecule has 0 aliphatic carbocycles. The summed E-state index contributed by atoms with van der Waals surface area (Å²) in [5.74, 6) is 7.24. The number of benzene rings is 2. The molecule has 39 heavy (non-hydrogen) atoms. The van der Waals surface area contributed by atoms with Gasteiger partial charge in [0.2, 0.25) is 0 Å². The maximum absolute atomic E-state index is 13.4. The first-order chi connectivity index (χ1) is 18.8. The minimum Gasteiger partial charge on any atom is -0.487 e. The van der Waals surface area contributed by atoms with Gasteiger partial charge < -0.3 is 19.7 Å². The highest BCUT2D eigenvalue weighted by atomic mass is 35.5. The summed E-state index contributed by atoms with van der Waals surface area (Å²) < 4.78 is 24.6. The highest BCUT2D eigenvalue weighted by Crippen LogP contribution is 2.33. The average Bonchev–Trinajstić information content (AvgIpc) is 3.54. The fraction of sp³-hybridized carbons (Fsp3) is 0.250. The third-order valence-electron chi connectivity index (χ3n) is 5.90. The van der Waals surface area contributed by atoms with Crippen molar-refractivity contribution in [3.05, 3.63) is 76.1 Å². The molecular formula is C28H25ClFN5O3S. The molecule has 1 fully saturated rings. The molecule has 1 aliphatic rings. The second-order valence-corrected chi connectivity index (χ2v) is 10.5. The number of halogens is 2. The average molecular weight is 566 g/mol. The van der Waals surface area contributed by atoms with Gasteiger partial charge in [-0.25, -0.2) is 19.2 Å². The van der Waals surface area contributed by atoms with Gasteiger partial charge in [0.1, 0.15) is 41.3 Å². The molecule has 2 aromatic carbocycles. The molecule has 11 heteroatoms. The summed E-state index contributed by atoms with van der Waals surface area (Å²) in [5, 5.41) is 7.83. The molecule has 2 aromatic heterocycles. The van der Waals surface area contributed by atoms with Gasteiger partial charge in [0.05, 0.1) is 21.3 Å². The van der Waals surface area contributed by atoms with Gasteiger partial charge in [0, 0.05) is 32.7 Å². The highest BCUT2D eigenvalue weighted by molar-refractivity contribution is 7.19. The van der Waals surface area contributed by atoms with Crippen molar-refractivity contribution in [1.29, 1.82) is 0 Å². The maximum atomic E-state index is 13.4. The minimum absolute atomic E-state index is 0.0670. The van der Waals surface area contributed by atoms with Gasteiger partial charge in [-0.15, -0.1) is 11.3 Å². The van der Waals surface area contributed by atoms with Gasteiger partial charge in [-0.3, -0.25) is 5.32 Å². The zero-order chi connectivity index (χ0) is 27.4. The van der Waals surface area contributed by atoms with Crippen molar-refractivity contribution in [3.63, 3.8) is 0 Å². The van der Waals surface area contributed by atoms with Crippen LogP contribution in [0.5, 0.6) is 5.75 Å². The van der Waals surface area contributed by atoms with E-state index in [4.69, 9.17) is 21.1 Å². The Morgan fingerprint density at radius 2 is 2.13 bits per heavy atom. The first-order valence-corrected chi connectivity index (χ1v) is 13.3. The lowest BCUT2D eigenvalue weighted by Gasteiger charge is -2.15. The van der Waals surface area contributed by atoms with Crippen LogP contribution in [-0.2, 0) is 11.3 Å². The standard InChI is InChI=1S/C28H25ClFN5O3S/c1-35(2)28(36)38-21-11-19(31-14-21)6-8-22-13-23-26(32-16-33-27(23)39-22)34-20-7-9-25(24(29)12-20)37-15-17-4-3-5-18(30)10-17/h3-5,7,9-10,12-13,16,19,21,31H,11,14-15H2,1-2H3,(H,32,33,34)/t19-,21-/m1/s1. The van der Waals surface area contributed by atoms with Gasteiger partial charge in [-0.05, 0) is 42.0 Å². The Bertz CT molecular complexity index is 1570. The van der Waals surface area contributed by atoms with E-state index in [1.165, 1.54) is 34.7 Å². The predicted octanol–water partition coefficient (Wildman–Crippen LogP) is 5.59. The van der Waals surface area contributed by atoms with E-state index in [9.17, 15) is 9.18 Å². The molecule has 0 radical (unpaired) electrons. The van der Waals surface area contributed by atoms with Gasteiger partial charge in [-0.1, -0.05) is 35.6 Å². The van der Waals surface area contributed by atoms with Gasteiger partial charge in [-0.2, -0.15) is 0 Å². The molecule has 0 spiro atoms. The van der Waals surface area contributed by atoms with Crippen molar-refractivity contribution < 1.29 is 18.7 Å². The summed E-state index contributed by atoms with van der Waals surface area (Å²) >= 11 is 7.92. The Kier molecular flexibility index (Phi) is 8.12. The summed E-state index contributed by atoms with van der Waals surface area (Å²) in [5.41, 5.74) is 1.44. The molecule has 1 amide bonds. The fourth-order valence-corrected chi connectivity index (χ4v) is 5.04. The van der Waals surface area contributed by atoms with E-state index in [0.29, 0.717) is 35.1 Å². The molecule has 8 nitrogen and oxygen atoms in total. The van der Waals surface area contributed by atoms with Crippen molar-refractivity contribution in [1.82, 2.24) is 20.2 Å². The molecule has 2 N–H and O–H groups in total. The van der Waals surface area contributed by atoms with Gasteiger partial charge in [0.25, 0.3) is 0 Å². The number of fused-ring (bicyclic) bond motifs is 1. The highest BCUT2D eigenvalue weighted by Gasteiger charge is 2.26. The van der Waals surface area contributed by atoms with Crippen molar-refractivity contribution in [3.8, 4) is 17.6 Å². The van der Waals surface area contributed by atoms with Crippen LogP contribution in [0.1, 0.15) is 16.9 Å². The molecule has 1 aliphatic heterocycles. The number of rotatable bonds is 6. The first-order valence-electron chi connectivity index (χ1n) is 12.2. The van der Waals surface area contributed by atoms with Crippen LogP contribution < -0.4 is 15.4 Å². The molecule has 0 unspecified atom stereocenters. The van der Waals surface area contributed by atoms with Crippen LogP contribution in [0.3, 0.4) is 0 Å². The van der Waals surface area contributed by atoms with E-state index < -0.39 is 0 Å². The second-order valence-electron chi connectivity index (χ2n) is 9.11. The van der Waals surface area contributed by atoms with E-state index in [-0.39, 0.29) is 30.7 Å². The SMILES string of the molecule is CN(C)C(=O)O[C@H]1CN[C@H](C#Cc2cc3c(Nc4ccc(OCc5cccc(F)c5)c(Cl)c4)ncnc3s2)C1. The van der Waals surface area contributed by atoms with Crippen LogP contribution >= 0.6 is 22.9 Å². The number of nitrogens with zero attached hydrogens (tertiary/aromatic N) is 3. The maximum Gasteiger partial charge on any atom is 0.409 e. The molecular weight excluding hydrogens is 541 g/mol. The minimum atomic E-state index is -0.356. The molecule has 200 valence electrons. The Morgan fingerprint density at radius 3 is 2.92 bits per heavy atom. The molecule has 5 rings (SSSR count). The largest absolute Gasteiger partial charge is 0.487 e. The fourth-order valence-electron chi connectivity index (χ4n) is 3.95. The predicted molar refractivity (Wildman–Crippen MR) is 150 cm³/mol. The number of hydrogen-bond acceptors (Lipinski definition) is 8. The quantitative estimate of drug-likeness (QED) is 0.295. The molecule has 0 bridgehead atoms. The Hall–Kier alpha value is -3.91. The van der Waals surface area contributed by atoms with Crippen LogP contribution in [0, 0.1) is 17.7 Å². The van der Waals surface area contributed by atoms with E-state index in [1.807, 2.05) is 12.1 Å². The topological polar surface area (TPSA) is 88.6 Å². The van der Waals surface area contributed by atoms with Gasteiger partial charge in [0.15, 0.2) is 0 Å². The Balaban J connectivity index is 1.24. The van der Waals surface area contributed by atoms with E-state index >= 15 is 0 Å². The lowest BCUT2D eigenvalue weighted by atomic mass is 10.2. The lowest BCUT2D eigenvalue weighted by molar-refractivity contribution is 0.0826. The van der Waals surface area contributed by atoms with E-state index in [1.54, 1.807) is 38.4 Å². The zero-order valence-corrected chi connectivity index (χ0v) is 22.8. The number of anilines is 2. The van der Waals surface area contributed by atoms with Crippen LogP contribution in [0.25, 0.3) is 10.2 Å². The first kappa shape index (κ1) is 26.7. The van der Waals surface area contributed by atoms with E-state index in [0.717, 1.165) is 20.8 Å². The second kappa shape index (κ2) is 11.9. The summed E-state index contributed by atoms with van der Waals surface area (Å²) in [6, 6.07) is 13.5. The van der Waals surface area contributed by atoms with Crippen LogP contribution in [0.4, 0.5) is 20.7 Å². The number of thiophene rings is 1. The van der Waals surface area contributed by atoms with Gasteiger partial charge >= 0.3 is 6.09 Å². The summed E-state index contributed by atoms with van der Waals surface area (Å²) in [4.78, 5) is 23.6. The van der Waals surface area contributed by atoms with Crippen molar-refractivity contribution in [2.45, 2.75) is 25.2 Å². The summed E-state index contributed by atoms with van der Waals surface area (Å²) in [7, 11) is 3.32. The number of carbonyl (C=O) groups is 1. The number of aromatic nitrogens is 2. The van der Waals surface area contributed by atoms with Crippen molar-refractivity contribution >= 4 is 50.8 Å². The molecule has 4 aromatic rings. The molecule has 0 saturated carbocycles. The third kappa shape index (κ3) is 6.75. The monoisotopic (exact) mass is 565 g/mol. The molecule has 3 heterocycles. The van der Waals surface area contributed by atoms with Crippen LogP contribution in [0.15, 0.2) is 54.9 Å². The molecule has 1 saturated heterocycles. The summed E-state index contributed by atoms with van der Waals surface area (Å²) in [6.45, 7) is 0.774.